The first-order chi connectivity index (χ1) is 17.6. The van der Waals surface area contributed by atoms with E-state index in [1.54, 1.807) is 0 Å². The number of anilines is 1. The number of fused-ring (bicyclic) bond motifs is 1. The lowest BCUT2D eigenvalue weighted by molar-refractivity contribution is -0.122. The molecule has 0 unspecified atom stereocenters. The van der Waals surface area contributed by atoms with Gasteiger partial charge in [0.15, 0.2) is 0 Å². The number of benzene rings is 4. The van der Waals surface area contributed by atoms with Crippen LogP contribution in [-0.2, 0) is 23.2 Å². The smallest absolute Gasteiger partial charge is 0.247 e. The quantitative estimate of drug-likeness (QED) is 0.286. The van der Waals surface area contributed by atoms with Crippen LogP contribution in [0.15, 0.2) is 114 Å². The zero-order valence-corrected chi connectivity index (χ0v) is 20.0. The lowest BCUT2D eigenvalue weighted by atomic mass is 9.80. The molecule has 1 amide bonds. The van der Waals surface area contributed by atoms with E-state index in [0.29, 0.717) is 24.7 Å². The molecule has 0 fully saturated rings. The first-order valence-electron chi connectivity index (χ1n) is 12.1. The normalized spacial score (nSPS) is 16.8. The Morgan fingerprint density at radius 1 is 0.722 bits per heavy atom. The molecule has 5 heteroatoms. The molecular formula is C31H25N3O2. The fourth-order valence-electron chi connectivity index (χ4n) is 4.97. The van der Waals surface area contributed by atoms with Crippen molar-refractivity contribution in [1.29, 1.82) is 0 Å². The van der Waals surface area contributed by atoms with Crippen molar-refractivity contribution in [1.82, 2.24) is 10.2 Å². The van der Waals surface area contributed by atoms with Gasteiger partial charge in [-0.1, -0.05) is 91.0 Å². The number of amides is 1. The number of rotatable bonds is 6. The molecule has 0 radical (unpaired) electrons. The minimum atomic E-state index is -0.785. The highest BCUT2D eigenvalue weighted by Gasteiger charge is 2.48. The summed E-state index contributed by atoms with van der Waals surface area (Å²) in [5, 5.41) is 8.60. The zero-order valence-electron chi connectivity index (χ0n) is 20.0. The number of nitrogens with zero attached hydrogens (tertiary/aromatic N) is 3. The molecule has 2 heterocycles. The summed E-state index contributed by atoms with van der Waals surface area (Å²) in [6.45, 7) is 2.49. The minimum Gasteiger partial charge on any atom is -0.421 e. The van der Waals surface area contributed by atoms with E-state index in [4.69, 9.17) is 4.42 Å². The molecule has 1 aliphatic heterocycles. The molecule has 1 atom stereocenters. The van der Waals surface area contributed by atoms with Gasteiger partial charge in [0, 0.05) is 17.7 Å². The summed E-state index contributed by atoms with van der Waals surface area (Å²) in [5.74, 6) is 0.942. The predicted molar refractivity (Wildman–Crippen MR) is 140 cm³/mol. The van der Waals surface area contributed by atoms with Crippen LogP contribution in [-0.4, -0.2) is 16.1 Å². The molecule has 0 N–H and O–H groups in total. The lowest BCUT2D eigenvalue weighted by Crippen LogP contribution is -2.39. The van der Waals surface area contributed by atoms with Crippen LogP contribution in [0.1, 0.15) is 23.9 Å². The van der Waals surface area contributed by atoms with E-state index in [1.807, 2.05) is 109 Å². The van der Waals surface area contributed by atoms with Gasteiger partial charge in [0.05, 0.1) is 12.0 Å². The first kappa shape index (κ1) is 22.0. The number of carbonyl (C=O) groups excluding carboxylic acids is 1. The Morgan fingerprint density at radius 3 is 2.08 bits per heavy atom. The van der Waals surface area contributed by atoms with Crippen molar-refractivity contribution in [2.45, 2.75) is 25.3 Å². The van der Waals surface area contributed by atoms with Crippen LogP contribution in [0.2, 0.25) is 0 Å². The molecule has 1 aromatic heterocycles. The molecule has 0 bridgehead atoms. The van der Waals surface area contributed by atoms with E-state index in [2.05, 4.69) is 22.3 Å². The maximum atomic E-state index is 13.8. The molecule has 6 rings (SSSR count). The molecule has 0 saturated carbocycles. The van der Waals surface area contributed by atoms with Gasteiger partial charge < -0.3 is 9.32 Å². The Balaban J connectivity index is 1.26. The van der Waals surface area contributed by atoms with Crippen molar-refractivity contribution >= 4 is 11.6 Å². The van der Waals surface area contributed by atoms with Crippen LogP contribution >= 0.6 is 0 Å². The molecular weight excluding hydrogens is 446 g/mol. The second-order valence-electron chi connectivity index (χ2n) is 9.35. The highest BCUT2D eigenvalue weighted by atomic mass is 16.4. The van der Waals surface area contributed by atoms with E-state index in [1.165, 1.54) is 0 Å². The number of hydrogen-bond donors (Lipinski definition) is 0. The third kappa shape index (κ3) is 3.89. The van der Waals surface area contributed by atoms with Crippen molar-refractivity contribution in [3.05, 3.63) is 126 Å². The lowest BCUT2D eigenvalue weighted by Gasteiger charge is -2.23. The van der Waals surface area contributed by atoms with Gasteiger partial charge in [0.1, 0.15) is 0 Å². The average molecular weight is 472 g/mol. The fraction of sp³-hybridized carbons (Fsp3) is 0.129. The van der Waals surface area contributed by atoms with E-state index in [0.717, 1.165) is 33.5 Å². The van der Waals surface area contributed by atoms with Gasteiger partial charge in [-0.25, -0.2) is 0 Å². The van der Waals surface area contributed by atoms with Crippen LogP contribution in [0.25, 0.3) is 22.6 Å². The van der Waals surface area contributed by atoms with E-state index < -0.39 is 5.41 Å². The Labute approximate surface area is 210 Å². The highest BCUT2D eigenvalue weighted by Crippen LogP contribution is 2.44. The van der Waals surface area contributed by atoms with Crippen molar-refractivity contribution < 1.29 is 9.21 Å². The predicted octanol–water partition coefficient (Wildman–Crippen LogP) is 6.45. The number of aromatic nitrogens is 2. The van der Waals surface area contributed by atoms with Crippen molar-refractivity contribution in [3.8, 4) is 22.6 Å². The maximum Gasteiger partial charge on any atom is 0.247 e. The molecule has 0 aliphatic carbocycles. The first-order valence-corrected chi connectivity index (χ1v) is 12.1. The van der Waals surface area contributed by atoms with Crippen LogP contribution in [0.5, 0.6) is 0 Å². The molecule has 0 saturated heterocycles. The van der Waals surface area contributed by atoms with Crippen LogP contribution in [0.3, 0.4) is 0 Å². The maximum absolute atomic E-state index is 13.8. The topological polar surface area (TPSA) is 59.2 Å². The van der Waals surface area contributed by atoms with Gasteiger partial charge >= 0.3 is 0 Å². The molecule has 5 nitrogen and oxygen atoms in total. The summed E-state index contributed by atoms with van der Waals surface area (Å²) in [4.78, 5) is 15.6. The van der Waals surface area contributed by atoms with E-state index in [9.17, 15) is 4.79 Å². The molecule has 1 aliphatic rings. The van der Waals surface area contributed by atoms with Gasteiger partial charge in [-0.05, 0) is 47.4 Å². The van der Waals surface area contributed by atoms with E-state index in [-0.39, 0.29) is 5.91 Å². The Kier molecular flexibility index (Phi) is 5.45. The molecule has 36 heavy (non-hydrogen) atoms. The Bertz CT molecular complexity index is 1510. The van der Waals surface area contributed by atoms with Crippen LogP contribution in [0, 0.1) is 0 Å². The third-order valence-corrected chi connectivity index (χ3v) is 6.90. The summed E-state index contributed by atoms with van der Waals surface area (Å²) in [7, 11) is 0. The van der Waals surface area contributed by atoms with Crippen molar-refractivity contribution in [2.24, 2.45) is 0 Å². The standard InChI is InChI=1S/C31H25N3O2/c1-31(26-14-8-9-15-27(26)34(30(31)35)21-22-10-4-2-5-11-22)20-28-32-33-29(36-28)25-18-16-24(17-19-25)23-12-6-3-7-13-23/h2-19H,20-21H2,1H3/t31-/m1/s1. The van der Waals surface area contributed by atoms with Gasteiger partial charge in [-0.2, -0.15) is 0 Å². The fourth-order valence-corrected chi connectivity index (χ4v) is 4.97. The zero-order chi connectivity index (χ0) is 24.5. The molecule has 5 aromatic rings. The second kappa shape index (κ2) is 8.93. The largest absolute Gasteiger partial charge is 0.421 e. The summed E-state index contributed by atoms with van der Waals surface area (Å²) < 4.78 is 6.07. The number of hydrogen-bond acceptors (Lipinski definition) is 4. The summed E-state index contributed by atoms with van der Waals surface area (Å²) in [6, 6.07) is 36.3. The van der Waals surface area contributed by atoms with Gasteiger partial charge in [0.2, 0.25) is 17.7 Å². The summed E-state index contributed by atoms with van der Waals surface area (Å²) in [6.07, 6.45) is 0.337. The average Bonchev–Trinajstić information content (AvgIpc) is 3.47. The number of para-hydroxylation sites is 1. The Morgan fingerprint density at radius 2 is 1.33 bits per heavy atom. The number of carbonyl (C=O) groups is 1. The van der Waals surface area contributed by atoms with Crippen LogP contribution in [0.4, 0.5) is 5.69 Å². The van der Waals surface area contributed by atoms with Crippen molar-refractivity contribution in [3.63, 3.8) is 0 Å². The van der Waals surface area contributed by atoms with Crippen molar-refractivity contribution in [2.75, 3.05) is 4.90 Å². The highest BCUT2D eigenvalue weighted by molar-refractivity contribution is 6.07. The monoisotopic (exact) mass is 471 g/mol. The second-order valence-corrected chi connectivity index (χ2v) is 9.35. The molecule has 0 spiro atoms. The minimum absolute atomic E-state index is 0.0412. The summed E-state index contributed by atoms with van der Waals surface area (Å²) >= 11 is 0. The molecule has 176 valence electrons. The van der Waals surface area contributed by atoms with Gasteiger partial charge in [-0.3, -0.25) is 4.79 Å². The van der Waals surface area contributed by atoms with E-state index >= 15 is 0 Å². The van der Waals surface area contributed by atoms with Crippen LogP contribution < -0.4 is 4.90 Å². The van der Waals surface area contributed by atoms with Gasteiger partial charge in [0.25, 0.3) is 0 Å². The third-order valence-electron chi connectivity index (χ3n) is 6.90. The van der Waals surface area contributed by atoms with Gasteiger partial charge in [-0.15, -0.1) is 10.2 Å². The molecule has 4 aromatic carbocycles. The Hall–Kier alpha value is -4.51. The SMILES string of the molecule is C[C@]1(Cc2nnc(-c3ccc(-c4ccccc4)cc3)o2)C(=O)N(Cc2ccccc2)c2ccccc21. The summed E-state index contributed by atoms with van der Waals surface area (Å²) in [5.41, 5.74) is 5.35.